The number of imidazole rings is 1. The van der Waals surface area contributed by atoms with Crippen LogP contribution in [0.1, 0.15) is 47.8 Å². The molecule has 0 radical (unpaired) electrons. The van der Waals surface area contributed by atoms with Gasteiger partial charge in [0.2, 0.25) is 5.95 Å². The number of rotatable bonds is 14. The van der Waals surface area contributed by atoms with E-state index in [1.807, 2.05) is 0 Å². The molecular formula is C27H43ClFN6O8PS2. The number of ether oxygens (including phenoxy) is 1. The van der Waals surface area contributed by atoms with Gasteiger partial charge in [0.05, 0.1) is 32.0 Å². The number of aliphatic hydroxyl groups excluding tert-OH is 1. The van der Waals surface area contributed by atoms with Crippen molar-refractivity contribution < 1.29 is 42.0 Å². The number of nitrogens with zero attached hydrogens (tertiary/aromatic N) is 5. The van der Waals surface area contributed by atoms with E-state index in [0.717, 1.165) is 23.5 Å². The number of alkyl halides is 2. The molecule has 0 saturated carbocycles. The van der Waals surface area contributed by atoms with E-state index in [4.69, 9.17) is 35.6 Å². The van der Waals surface area contributed by atoms with E-state index in [1.165, 1.54) is 10.9 Å². The first-order valence-corrected chi connectivity index (χ1v) is 18.3. The minimum absolute atomic E-state index is 0.0844. The highest BCUT2D eigenvalue weighted by Gasteiger charge is 2.57. The lowest BCUT2D eigenvalue weighted by Gasteiger charge is -2.30. The summed E-state index contributed by atoms with van der Waals surface area (Å²) in [5.74, 6) is 0.128. The second kappa shape index (κ2) is 15.3. The van der Waals surface area contributed by atoms with Crippen LogP contribution in [0.5, 0.6) is 0 Å². The molecule has 0 spiro atoms. The van der Waals surface area contributed by atoms with Crippen molar-refractivity contribution in [2.45, 2.75) is 65.6 Å². The Hall–Kier alpha value is -1.56. The van der Waals surface area contributed by atoms with Crippen LogP contribution in [0.25, 0.3) is 11.2 Å². The maximum absolute atomic E-state index is 15.8. The fraction of sp³-hybridized carbons (Fsp3) is 0.741. The zero-order valence-electron chi connectivity index (χ0n) is 27.2. The van der Waals surface area contributed by atoms with E-state index in [-0.39, 0.29) is 46.5 Å². The van der Waals surface area contributed by atoms with E-state index in [9.17, 15) is 19.3 Å². The molecular weight excluding hydrogens is 686 g/mol. The molecule has 1 fully saturated rings. The second-order valence-corrected chi connectivity index (χ2v) is 17.0. The summed E-state index contributed by atoms with van der Waals surface area (Å²) in [6, 6.07) is 0. The smallest absolute Gasteiger partial charge is 0.387 e. The lowest BCUT2D eigenvalue weighted by Crippen LogP contribution is -2.47. The molecule has 0 amide bonds. The van der Waals surface area contributed by atoms with Crippen molar-refractivity contribution in [3.05, 3.63) is 6.33 Å². The summed E-state index contributed by atoms with van der Waals surface area (Å²) in [6.07, 6.45) is -4.06. The highest BCUT2D eigenvalue weighted by Crippen LogP contribution is 2.52. The topological polar surface area (TPSA) is 181 Å². The molecule has 260 valence electrons. The van der Waals surface area contributed by atoms with Gasteiger partial charge in [-0.3, -0.25) is 27.7 Å². The van der Waals surface area contributed by atoms with E-state index >= 15 is 4.39 Å². The van der Waals surface area contributed by atoms with E-state index < -0.39 is 55.2 Å². The molecule has 4 atom stereocenters. The third-order valence-electron chi connectivity index (χ3n) is 6.64. The predicted octanol–water partition coefficient (Wildman–Crippen LogP) is 4.45. The Labute approximate surface area is 281 Å². The van der Waals surface area contributed by atoms with Crippen LogP contribution in [0.3, 0.4) is 0 Å². The number of aromatic nitrogens is 4. The summed E-state index contributed by atoms with van der Waals surface area (Å²) >= 11 is 8.24. The van der Waals surface area contributed by atoms with Gasteiger partial charge in [0.1, 0.15) is 11.7 Å². The molecule has 3 heterocycles. The van der Waals surface area contributed by atoms with Gasteiger partial charge in [-0.05, 0) is 0 Å². The number of phosphoric ester groups is 1. The molecule has 0 unspecified atom stereocenters. The maximum Gasteiger partial charge on any atom is 0.474 e. The number of aliphatic hydroxyl groups is 1. The maximum atomic E-state index is 15.8. The molecule has 3 rings (SSSR count). The number of nitrogens with two attached hydrogens (primary N) is 1. The monoisotopic (exact) mass is 728 g/mol. The van der Waals surface area contributed by atoms with Crippen molar-refractivity contribution in [2.24, 2.45) is 10.8 Å². The molecule has 1 aliphatic rings. The zero-order chi connectivity index (χ0) is 34.7. The minimum Gasteiger partial charge on any atom is -0.387 e. The number of hydrogen-bond acceptors (Lipinski definition) is 15. The second-order valence-electron chi connectivity index (χ2n) is 12.9. The van der Waals surface area contributed by atoms with Crippen LogP contribution >= 0.6 is 42.9 Å². The molecule has 1 aliphatic heterocycles. The van der Waals surface area contributed by atoms with Crippen LogP contribution in [-0.2, 0) is 32.5 Å². The number of thioether (sulfide) groups is 2. The average molecular weight is 729 g/mol. The van der Waals surface area contributed by atoms with Crippen LogP contribution in [0.2, 0.25) is 0 Å². The molecule has 14 nitrogen and oxygen atoms in total. The number of hydrogen-bond donors (Lipinski definition) is 2. The van der Waals surface area contributed by atoms with E-state index in [1.54, 1.807) is 60.5 Å². The average Bonchev–Trinajstić information content (AvgIpc) is 3.49. The van der Waals surface area contributed by atoms with Crippen molar-refractivity contribution >= 4 is 76.1 Å². The molecule has 2 aromatic heterocycles. The van der Waals surface area contributed by atoms with Crippen molar-refractivity contribution in [3.63, 3.8) is 0 Å². The van der Waals surface area contributed by atoms with Gasteiger partial charge < -0.3 is 20.5 Å². The third kappa shape index (κ3) is 9.32. The number of carbonyl (C=O) groups excluding carboxylic acids is 2. The number of phosphoric acid groups is 1. The van der Waals surface area contributed by atoms with Crippen LogP contribution in [0, 0.1) is 10.8 Å². The van der Waals surface area contributed by atoms with Gasteiger partial charge in [0, 0.05) is 36.4 Å². The standard InChI is InChI=1S/C27H43ClFN6O8PS2/c1-25(2,3)22(37)45-11-9-40-44(39,41-10-12-46-23(38)26(4,5)6)42-14-27(13-28)18(36)16(29)21(43-27)35-15-31-17-19(34(7)8)32-24(30)33-20(17)35/h15-16,18,21,36H,9-14H2,1-8H3,(H2,30,32,33)/t16-,18+,21-,27-/m1/s1. The number of carbonyl (C=O) groups is 2. The van der Waals surface area contributed by atoms with Gasteiger partial charge in [-0.15, -0.1) is 11.6 Å². The Kier molecular flexibility index (Phi) is 13.0. The first kappa shape index (κ1) is 38.9. The summed E-state index contributed by atoms with van der Waals surface area (Å²) in [5.41, 5.74) is 3.28. The van der Waals surface area contributed by atoms with Gasteiger partial charge in [-0.25, -0.2) is 13.9 Å². The van der Waals surface area contributed by atoms with E-state index in [0.29, 0.717) is 11.3 Å². The first-order chi connectivity index (χ1) is 21.2. The molecule has 1 saturated heterocycles. The summed E-state index contributed by atoms with van der Waals surface area (Å²) < 4.78 is 53.4. The lowest BCUT2D eigenvalue weighted by molar-refractivity contribution is -0.118. The van der Waals surface area contributed by atoms with Crippen molar-refractivity contribution in [1.82, 2.24) is 19.5 Å². The molecule has 0 aromatic carbocycles. The number of nitrogen functional groups attached to an aromatic ring is 1. The molecule has 0 aliphatic carbocycles. The Morgan fingerprint density at radius 3 is 2.13 bits per heavy atom. The molecule has 19 heteroatoms. The summed E-state index contributed by atoms with van der Waals surface area (Å²) in [6.45, 7) is 9.56. The Morgan fingerprint density at radius 2 is 1.65 bits per heavy atom. The van der Waals surface area contributed by atoms with Crippen molar-refractivity contribution in [2.75, 3.05) is 61.9 Å². The lowest BCUT2D eigenvalue weighted by atomic mass is 9.99. The Balaban J connectivity index is 1.79. The first-order valence-electron chi connectivity index (χ1n) is 14.4. The fourth-order valence-electron chi connectivity index (χ4n) is 4.02. The third-order valence-corrected chi connectivity index (χ3v) is 11.0. The quantitative estimate of drug-likeness (QED) is 0.158. The Morgan fingerprint density at radius 1 is 1.11 bits per heavy atom. The number of anilines is 2. The highest BCUT2D eigenvalue weighted by molar-refractivity contribution is 8.14. The van der Waals surface area contributed by atoms with Crippen molar-refractivity contribution in [3.8, 4) is 0 Å². The number of fused-ring (bicyclic) bond motifs is 1. The summed E-state index contributed by atoms with van der Waals surface area (Å²) in [5, 5.41) is 10.8. The van der Waals surface area contributed by atoms with Gasteiger partial charge >= 0.3 is 7.82 Å². The fourth-order valence-corrected chi connectivity index (χ4v) is 7.36. The minimum atomic E-state index is -4.40. The Bertz CT molecular complexity index is 1400. The van der Waals surface area contributed by atoms with Crippen LogP contribution in [0.15, 0.2) is 6.33 Å². The zero-order valence-corrected chi connectivity index (χ0v) is 30.5. The predicted molar refractivity (Wildman–Crippen MR) is 178 cm³/mol. The molecule has 2 aromatic rings. The van der Waals surface area contributed by atoms with Crippen LogP contribution < -0.4 is 10.6 Å². The normalized spacial score (nSPS) is 22.5. The van der Waals surface area contributed by atoms with E-state index in [2.05, 4.69) is 15.0 Å². The summed E-state index contributed by atoms with van der Waals surface area (Å²) in [4.78, 5) is 38.9. The van der Waals surface area contributed by atoms with Crippen molar-refractivity contribution in [1.29, 1.82) is 0 Å². The summed E-state index contributed by atoms with van der Waals surface area (Å²) in [7, 11) is -0.940. The number of halogens is 2. The molecule has 3 N–H and O–H groups in total. The molecule has 46 heavy (non-hydrogen) atoms. The van der Waals surface area contributed by atoms with Crippen LogP contribution in [-0.4, -0.2) is 104 Å². The highest BCUT2D eigenvalue weighted by atomic mass is 35.5. The SMILES string of the molecule is CN(C)c1nc(N)nc2c1ncn2[C@@H]1O[C@](CCl)(COP(=O)(OCCSC(=O)C(C)(C)C)OCCSC(=O)C(C)(C)C)[C@@H](O)[C@H]1F. The molecule has 0 bridgehead atoms. The van der Waals surface area contributed by atoms with Crippen LogP contribution in [0.4, 0.5) is 16.2 Å². The van der Waals surface area contributed by atoms with Gasteiger partial charge in [0.15, 0.2) is 39.6 Å². The van der Waals surface area contributed by atoms with Gasteiger partial charge in [-0.2, -0.15) is 9.97 Å². The van der Waals surface area contributed by atoms with Gasteiger partial charge in [0.25, 0.3) is 0 Å². The largest absolute Gasteiger partial charge is 0.474 e. The van der Waals surface area contributed by atoms with Gasteiger partial charge in [-0.1, -0.05) is 65.1 Å².